The first-order valence-corrected chi connectivity index (χ1v) is 20.0. The molecule has 0 atom stereocenters. The standard InChI is InChI=1S/C54H30N8/c1-56-40-21-26-50-45(31-40)42-28-34(33-55)18-23-49(42)62(50)54-59-52(37-16-10-5-11-17-37)58-53(60-54)46-32-41(57-2)22-27-51(46)61-47-24-19-38(35-12-6-3-7-13-35)29-43(47)44-30-39(20-25-48(44)61)36-14-8-4-9-15-36/h3-32H. The van der Waals surface area contributed by atoms with Gasteiger partial charge in [0.15, 0.2) is 23.0 Å². The Kier molecular flexibility index (Phi) is 8.46. The van der Waals surface area contributed by atoms with Crippen molar-refractivity contribution in [3.05, 3.63) is 210 Å². The van der Waals surface area contributed by atoms with E-state index in [0.717, 1.165) is 77.1 Å². The Labute approximate surface area is 356 Å². The van der Waals surface area contributed by atoms with Crippen LogP contribution in [-0.2, 0) is 0 Å². The first-order valence-electron chi connectivity index (χ1n) is 20.0. The molecule has 0 amide bonds. The summed E-state index contributed by atoms with van der Waals surface area (Å²) in [5.74, 6) is 1.19. The number of rotatable bonds is 6. The van der Waals surface area contributed by atoms with Gasteiger partial charge in [-0.15, -0.1) is 0 Å². The van der Waals surface area contributed by atoms with Gasteiger partial charge in [0.05, 0.1) is 52.5 Å². The van der Waals surface area contributed by atoms with Crippen LogP contribution in [0.25, 0.3) is 110 Å². The lowest BCUT2D eigenvalue weighted by Gasteiger charge is -2.16. The Hall–Kier alpha value is -9.16. The Balaban J connectivity index is 1.21. The second-order valence-electron chi connectivity index (χ2n) is 15.0. The molecule has 0 N–H and O–H groups in total. The van der Waals surface area contributed by atoms with Crippen LogP contribution in [0.1, 0.15) is 5.56 Å². The summed E-state index contributed by atoms with van der Waals surface area (Å²) in [4.78, 5) is 23.1. The van der Waals surface area contributed by atoms with E-state index in [9.17, 15) is 5.26 Å². The zero-order valence-corrected chi connectivity index (χ0v) is 32.9. The average Bonchev–Trinajstić information content (AvgIpc) is 3.85. The van der Waals surface area contributed by atoms with Gasteiger partial charge in [-0.05, 0) is 94.4 Å². The van der Waals surface area contributed by atoms with Gasteiger partial charge in [0.2, 0.25) is 5.95 Å². The molecule has 0 fully saturated rings. The van der Waals surface area contributed by atoms with Crippen molar-refractivity contribution in [2.75, 3.05) is 0 Å². The first-order chi connectivity index (χ1) is 30.6. The SMILES string of the molecule is [C-]#[N+]c1ccc(-n2c3ccc(-c4ccccc4)cc3c3cc(-c4ccccc4)ccc32)c(-c2nc(-c3ccccc3)nc(-n3c4ccc(C#N)cc4c4cc([N+]#[C-])ccc43)n2)c1. The molecule has 62 heavy (non-hydrogen) atoms. The fourth-order valence-electron chi connectivity index (χ4n) is 8.54. The van der Waals surface area contributed by atoms with E-state index in [1.54, 1.807) is 12.1 Å². The van der Waals surface area contributed by atoms with E-state index < -0.39 is 0 Å². The zero-order valence-electron chi connectivity index (χ0n) is 32.9. The van der Waals surface area contributed by atoms with Crippen LogP contribution in [0.15, 0.2) is 182 Å². The fourth-order valence-corrected chi connectivity index (χ4v) is 8.54. The summed E-state index contributed by atoms with van der Waals surface area (Å²) in [5.41, 5.74) is 11.7. The summed E-state index contributed by atoms with van der Waals surface area (Å²) in [5, 5.41) is 13.6. The number of hydrogen-bond donors (Lipinski definition) is 0. The van der Waals surface area contributed by atoms with Crippen molar-refractivity contribution in [3.8, 4) is 62.7 Å². The maximum absolute atomic E-state index is 9.87. The maximum Gasteiger partial charge on any atom is 0.238 e. The predicted molar refractivity (Wildman–Crippen MR) is 247 cm³/mol. The summed E-state index contributed by atoms with van der Waals surface area (Å²) in [6.07, 6.45) is 0. The van der Waals surface area contributed by atoms with Crippen molar-refractivity contribution in [1.29, 1.82) is 5.26 Å². The molecule has 11 aromatic rings. The topological polar surface area (TPSA) is 81.0 Å². The van der Waals surface area contributed by atoms with Crippen LogP contribution in [-0.4, -0.2) is 24.1 Å². The van der Waals surface area contributed by atoms with Crippen molar-refractivity contribution in [2.45, 2.75) is 0 Å². The first kappa shape index (κ1) is 36.0. The highest BCUT2D eigenvalue weighted by Gasteiger charge is 2.23. The molecule has 8 aromatic carbocycles. The number of nitrogens with zero attached hydrogens (tertiary/aromatic N) is 8. The van der Waals surface area contributed by atoms with E-state index in [-0.39, 0.29) is 0 Å². The van der Waals surface area contributed by atoms with Gasteiger partial charge in [-0.1, -0.05) is 115 Å². The maximum atomic E-state index is 9.87. The fraction of sp³-hybridized carbons (Fsp3) is 0. The molecule has 8 nitrogen and oxygen atoms in total. The molecule has 0 saturated heterocycles. The lowest BCUT2D eigenvalue weighted by molar-refractivity contribution is 0.952. The van der Waals surface area contributed by atoms with E-state index in [1.165, 1.54) is 0 Å². The van der Waals surface area contributed by atoms with Gasteiger partial charge in [0.25, 0.3) is 0 Å². The van der Waals surface area contributed by atoms with Gasteiger partial charge < -0.3 is 4.57 Å². The van der Waals surface area contributed by atoms with Gasteiger partial charge in [-0.3, -0.25) is 4.57 Å². The van der Waals surface area contributed by atoms with Crippen LogP contribution in [0.4, 0.5) is 11.4 Å². The molecular formula is C54H30N8. The quantitative estimate of drug-likeness (QED) is 0.157. The molecular weight excluding hydrogens is 761 g/mol. The monoisotopic (exact) mass is 790 g/mol. The van der Waals surface area contributed by atoms with Crippen LogP contribution in [0.2, 0.25) is 0 Å². The van der Waals surface area contributed by atoms with E-state index in [0.29, 0.717) is 40.1 Å². The summed E-state index contributed by atoms with van der Waals surface area (Å²) < 4.78 is 4.21. The number of aromatic nitrogens is 5. The van der Waals surface area contributed by atoms with E-state index in [4.69, 9.17) is 28.1 Å². The van der Waals surface area contributed by atoms with Crippen molar-refractivity contribution >= 4 is 55.0 Å². The Morgan fingerprint density at radius 2 is 0.903 bits per heavy atom. The molecule has 0 radical (unpaired) electrons. The number of benzene rings is 8. The highest BCUT2D eigenvalue weighted by Crippen LogP contribution is 2.41. The lowest BCUT2D eigenvalue weighted by Crippen LogP contribution is -2.07. The Bertz CT molecular complexity index is 3550. The molecule has 0 aliphatic carbocycles. The highest BCUT2D eigenvalue weighted by molar-refractivity contribution is 6.13. The summed E-state index contributed by atoms with van der Waals surface area (Å²) in [6, 6.07) is 62.8. The normalized spacial score (nSPS) is 11.2. The van der Waals surface area contributed by atoms with Gasteiger partial charge in [0.1, 0.15) is 0 Å². The molecule has 0 bridgehead atoms. The molecule has 0 aliphatic heterocycles. The van der Waals surface area contributed by atoms with Crippen molar-refractivity contribution < 1.29 is 0 Å². The van der Waals surface area contributed by atoms with Crippen LogP contribution in [0.5, 0.6) is 0 Å². The minimum absolute atomic E-state index is 0.357. The molecule has 0 unspecified atom stereocenters. The molecule has 286 valence electrons. The van der Waals surface area contributed by atoms with Gasteiger partial charge >= 0.3 is 0 Å². The Morgan fingerprint density at radius 3 is 1.50 bits per heavy atom. The second kappa shape index (κ2) is 14.6. The minimum Gasteiger partial charge on any atom is -0.309 e. The third-order valence-electron chi connectivity index (χ3n) is 11.4. The second-order valence-corrected chi connectivity index (χ2v) is 15.0. The van der Waals surface area contributed by atoms with Crippen LogP contribution < -0.4 is 0 Å². The van der Waals surface area contributed by atoms with Gasteiger partial charge in [-0.2, -0.15) is 15.2 Å². The zero-order chi connectivity index (χ0) is 41.7. The van der Waals surface area contributed by atoms with E-state index in [1.807, 2.05) is 89.5 Å². The number of nitriles is 1. The Morgan fingerprint density at radius 1 is 0.419 bits per heavy atom. The highest BCUT2D eigenvalue weighted by atomic mass is 15.2. The number of hydrogen-bond acceptors (Lipinski definition) is 4. The van der Waals surface area contributed by atoms with Crippen LogP contribution >= 0.6 is 0 Å². The van der Waals surface area contributed by atoms with Crippen LogP contribution in [0.3, 0.4) is 0 Å². The molecule has 0 spiro atoms. The average molecular weight is 791 g/mol. The predicted octanol–water partition coefficient (Wildman–Crippen LogP) is 13.7. The number of fused-ring (bicyclic) bond motifs is 6. The molecule has 8 heteroatoms. The largest absolute Gasteiger partial charge is 0.309 e. The van der Waals surface area contributed by atoms with Crippen LogP contribution in [0, 0.1) is 24.5 Å². The molecule has 11 rings (SSSR count). The molecule has 0 saturated carbocycles. The van der Waals surface area contributed by atoms with E-state index >= 15 is 0 Å². The smallest absolute Gasteiger partial charge is 0.238 e. The molecule has 3 aromatic heterocycles. The van der Waals surface area contributed by atoms with Crippen molar-refractivity contribution in [2.24, 2.45) is 0 Å². The van der Waals surface area contributed by atoms with Crippen molar-refractivity contribution in [3.63, 3.8) is 0 Å². The molecule has 0 aliphatic rings. The third kappa shape index (κ3) is 5.94. The summed E-state index contributed by atoms with van der Waals surface area (Å²) >= 11 is 0. The summed E-state index contributed by atoms with van der Waals surface area (Å²) in [7, 11) is 0. The van der Waals surface area contributed by atoms with Crippen molar-refractivity contribution in [1.82, 2.24) is 24.1 Å². The van der Waals surface area contributed by atoms with Gasteiger partial charge in [-0.25, -0.2) is 14.7 Å². The third-order valence-corrected chi connectivity index (χ3v) is 11.4. The molecule has 3 heterocycles. The lowest BCUT2D eigenvalue weighted by atomic mass is 10.0. The summed E-state index contributed by atoms with van der Waals surface area (Å²) in [6.45, 7) is 15.9. The minimum atomic E-state index is 0.357. The van der Waals surface area contributed by atoms with E-state index in [2.05, 4.69) is 105 Å². The van der Waals surface area contributed by atoms with Gasteiger partial charge in [0, 0.05) is 27.3 Å².